The fourth-order valence-corrected chi connectivity index (χ4v) is 3.87. The van der Waals surface area contributed by atoms with Crippen molar-refractivity contribution in [3.05, 3.63) is 100 Å². The molecule has 0 saturated heterocycles. The summed E-state index contributed by atoms with van der Waals surface area (Å²) in [6.07, 6.45) is 1.65. The predicted octanol–water partition coefficient (Wildman–Crippen LogP) is 4.40. The summed E-state index contributed by atoms with van der Waals surface area (Å²) in [6.45, 7) is 5.73. The number of ether oxygens (including phenoxy) is 1. The lowest BCUT2D eigenvalue weighted by atomic mass is 9.98. The van der Waals surface area contributed by atoms with Gasteiger partial charge in [0, 0.05) is 6.07 Å². The molecular formula is C24H18N2O5. The van der Waals surface area contributed by atoms with Gasteiger partial charge in [-0.3, -0.25) is 14.5 Å². The van der Waals surface area contributed by atoms with Crippen LogP contribution in [0.2, 0.25) is 0 Å². The molecule has 0 saturated carbocycles. The van der Waals surface area contributed by atoms with Crippen LogP contribution in [0.15, 0.2) is 81.0 Å². The van der Waals surface area contributed by atoms with E-state index in [1.54, 1.807) is 55.5 Å². The van der Waals surface area contributed by atoms with Crippen LogP contribution >= 0.6 is 0 Å². The number of rotatable bonds is 5. The van der Waals surface area contributed by atoms with Gasteiger partial charge in [0.15, 0.2) is 11.2 Å². The maximum Gasteiger partial charge on any atom is 0.296 e. The Morgan fingerprint density at radius 3 is 2.77 bits per heavy atom. The average molecular weight is 414 g/mol. The van der Waals surface area contributed by atoms with Crippen molar-refractivity contribution in [2.24, 2.45) is 0 Å². The molecule has 3 heterocycles. The van der Waals surface area contributed by atoms with E-state index in [-0.39, 0.29) is 16.8 Å². The van der Waals surface area contributed by atoms with E-state index >= 15 is 0 Å². The highest BCUT2D eigenvalue weighted by atomic mass is 16.5. The molecule has 0 radical (unpaired) electrons. The van der Waals surface area contributed by atoms with Crippen molar-refractivity contribution < 1.29 is 18.5 Å². The summed E-state index contributed by atoms with van der Waals surface area (Å²) >= 11 is 0. The second-order valence-electron chi connectivity index (χ2n) is 7.22. The van der Waals surface area contributed by atoms with Gasteiger partial charge in [-0.1, -0.05) is 42.1 Å². The van der Waals surface area contributed by atoms with E-state index in [0.717, 1.165) is 0 Å². The number of anilines is 1. The number of para-hydroxylation sites is 1. The van der Waals surface area contributed by atoms with Gasteiger partial charge in [-0.2, -0.15) is 0 Å². The summed E-state index contributed by atoms with van der Waals surface area (Å²) in [5, 5.41) is 4.43. The molecule has 1 aliphatic rings. The van der Waals surface area contributed by atoms with Gasteiger partial charge in [-0.25, -0.2) is 0 Å². The molecule has 7 heteroatoms. The van der Waals surface area contributed by atoms with Crippen LogP contribution in [0.3, 0.4) is 0 Å². The molecular weight excluding hydrogens is 396 g/mol. The molecule has 0 bridgehead atoms. The maximum atomic E-state index is 13.5. The lowest BCUT2D eigenvalue weighted by Gasteiger charge is -2.22. The second kappa shape index (κ2) is 7.28. The Morgan fingerprint density at radius 2 is 2.00 bits per heavy atom. The van der Waals surface area contributed by atoms with Crippen molar-refractivity contribution in [3.63, 3.8) is 0 Å². The summed E-state index contributed by atoms with van der Waals surface area (Å²) in [6, 6.07) is 15.0. The van der Waals surface area contributed by atoms with Crippen LogP contribution in [0, 0.1) is 6.92 Å². The molecule has 31 heavy (non-hydrogen) atoms. The molecule has 0 fully saturated rings. The SMILES string of the molecule is C=CCOc1cccc([C@@H]2c3c(oc4ccccc4c3=O)C(=O)N2c2cc(C)on2)c1. The van der Waals surface area contributed by atoms with E-state index in [1.165, 1.54) is 4.90 Å². The Hall–Kier alpha value is -4.13. The van der Waals surface area contributed by atoms with E-state index in [9.17, 15) is 9.59 Å². The zero-order valence-electron chi connectivity index (χ0n) is 16.7. The van der Waals surface area contributed by atoms with Crippen molar-refractivity contribution >= 4 is 22.7 Å². The van der Waals surface area contributed by atoms with Gasteiger partial charge >= 0.3 is 0 Å². The summed E-state index contributed by atoms with van der Waals surface area (Å²) in [4.78, 5) is 28.3. The van der Waals surface area contributed by atoms with Crippen LogP contribution in [0.25, 0.3) is 11.0 Å². The molecule has 1 amide bonds. The number of nitrogens with zero attached hydrogens (tertiary/aromatic N) is 2. The van der Waals surface area contributed by atoms with Crippen molar-refractivity contribution in [2.45, 2.75) is 13.0 Å². The first-order valence-corrected chi connectivity index (χ1v) is 9.74. The van der Waals surface area contributed by atoms with Crippen LogP contribution in [0.1, 0.15) is 33.5 Å². The zero-order chi connectivity index (χ0) is 21.5. The Balaban J connectivity index is 1.76. The van der Waals surface area contributed by atoms with E-state index < -0.39 is 11.9 Å². The van der Waals surface area contributed by atoms with E-state index in [1.807, 2.05) is 12.1 Å². The topological polar surface area (TPSA) is 85.8 Å². The van der Waals surface area contributed by atoms with E-state index in [0.29, 0.717) is 40.5 Å². The lowest BCUT2D eigenvalue weighted by molar-refractivity contribution is 0.0969. The highest BCUT2D eigenvalue weighted by Crippen LogP contribution is 2.41. The molecule has 1 aliphatic heterocycles. The minimum Gasteiger partial charge on any atom is -0.490 e. The number of fused-ring (bicyclic) bond motifs is 2. The van der Waals surface area contributed by atoms with Crippen molar-refractivity contribution in [1.82, 2.24) is 5.16 Å². The Kier molecular flexibility index (Phi) is 4.43. The smallest absolute Gasteiger partial charge is 0.296 e. The minimum atomic E-state index is -0.736. The van der Waals surface area contributed by atoms with Crippen LogP contribution in [0.5, 0.6) is 5.75 Å². The fraction of sp³-hybridized carbons (Fsp3) is 0.125. The number of amides is 1. The highest BCUT2D eigenvalue weighted by Gasteiger charge is 2.45. The zero-order valence-corrected chi connectivity index (χ0v) is 16.7. The number of benzene rings is 2. The van der Waals surface area contributed by atoms with Gasteiger partial charge in [0.25, 0.3) is 5.91 Å². The molecule has 1 atom stereocenters. The molecule has 2 aromatic heterocycles. The van der Waals surface area contributed by atoms with Crippen molar-refractivity contribution in [2.75, 3.05) is 11.5 Å². The first-order chi connectivity index (χ1) is 15.1. The van der Waals surface area contributed by atoms with Gasteiger partial charge in [0.2, 0.25) is 5.76 Å². The second-order valence-corrected chi connectivity index (χ2v) is 7.22. The third-order valence-corrected chi connectivity index (χ3v) is 5.18. The monoisotopic (exact) mass is 414 g/mol. The van der Waals surface area contributed by atoms with Gasteiger partial charge in [-0.05, 0) is 36.8 Å². The molecule has 4 aromatic rings. The third kappa shape index (κ3) is 3.02. The fourth-order valence-electron chi connectivity index (χ4n) is 3.87. The highest BCUT2D eigenvalue weighted by molar-refractivity contribution is 6.10. The maximum absolute atomic E-state index is 13.5. The molecule has 0 unspecified atom stereocenters. The Bertz CT molecular complexity index is 1380. The van der Waals surface area contributed by atoms with Crippen LogP contribution in [0.4, 0.5) is 5.82 Å². The number of aryl methyl sites for hydroxylation is 1. The van der Waals surface area contributed by atoms with Crippen LogP contribution < -0.4 is 15.1 Å². The molecule has 7 nitrogen and oxygen atoms in total. The van der Waals surface area contributed by atoms with Crippen LogP contribution in [-0.2, 0) is 0 Å². The number of carbonyl (C=O) groups excluding carboxylic acids is 1. The molecule has 2 aromatic carbocycles. The van der Waals surface area contributed by atoms with Crippen molar-refractivity contribution in [3.8, 4) is 5.75 Å². The average Bonchev–Trinajstić information content (AvgIpc) is 3.33. The standard InChI is InChI=1S/C24H18N2O5/c1-3-11-29-16-8-6-7-15(13-16)21-20-22(27)17-9-4-5-10-18(17)30-23(20)24(28)26(21)19-12-14(2)31-25-19/h3-10,12-13,21H,1,11H2,2H3/t21-/m1/s1. The Labute approximate surface area is 177 Å². The van der Waals surface area contributed by atoms with Gasteiger partial charge in [0.1, 0.15) is 23.7 Å². The predicted molar refractivity (Wildman–Crippen MR) is 115 cm³/mol. The van der Waals surface area contributed by atoms with Gasteiger partial charge < -0.3 is 13.7 Å². The summed E-state index contributed by atoms with van der Waals surface area (Å²) < 4.78 is 16.8. The number of carbonyl (C=O) groups is 1. The number of hydrogen-bond acceptors (Lipinski definition) is 6. The largest absolute Gasteiger partial charge is 0.490 e. The molecule has 0 spiro atoms. The van der Waals surface area contributed by atoms with E-state index in [4.69, 9.17) is 13.7 Å². The summed E-state index contributed by atoms with van der Waals surface area (Å²) in [5.41, 5.74) is 1.07. The molecule has 154 valence electrons. The number of hydrogen-bond donors (Lipinski definition) is 0. The van der Waals surface area contributed by atoms with Crippen LogP contribution in [-0.4, -0.2) is 17.7 Å². The first kappa shape index (κ1) is 18.9. The summed E-state index contributed by atoms with van der Waals surface area (Å²) in [7, 11) is 0. The van der Waals surface area contributed by atoms with E-state index in [2.05, 4.69) is 11.7 Å². The first-order valence-electron chi connectivity index (χ1n) is 9.74. The lowest BCUT2D eigenvalue weighted by Crippen LogP contribution is -2.29. The molecule has 0 aliphatic carbocycles. The summed E-state index contributed by atoms with van der Waals surface area (Å²) in [5.74, 6) is 1.00. The molecule has 5 rings (SSSR count). The van der Waals surface area contributed by atoms with Gasteiger partial charge in [0.05, 0.1) is 17.0 Å². The minimum absolute atomic E-state index is 0.00626. The normalized spacial score (nSPS) is 15.3. The number of aromatic nitrogens is 1. The molecule has 0 N–H and O–H groups in total. The van der Waals surface area contributed by atoms with Crippen molar-refractivity contribution in [1.29, 1.82) is 0 Å². The third-order valence-electron chi connectivity index (χ3n) is 5.18. The Morgan fingerprint density at radius 1 is 1.16 bits per heavy atom. The van der Waals surface area contributed by atoms with Gasteiger partial charge in [-0.15, -0.1) is 0 Å². The quantitative estimate of drug-likeness (QED) is 0.450.